The molecule has 19 heavy (non-hydrogen) atoms. The van der Waals surface area contributed by atoms with Gasteiger partial charge in [-0.15, -0.1) is 0 Å². The third-order valence-corrected chi connectivity index (χ3v) is 4.32. The lowest BCUT2D eigenvalue weighted by atomic mass is 10.0. The van der Waals surface area contributed by atoms with Gasteiger partial charge in [0.25, 0.3) is 0 Å². The molecule has 0 aromatic heterocycles. The molecule has 100 valence electrons. The van der Waals surface area contributed by atoms with Crippen molar-refractivity contribution in [3.05, 3.63) is 69.7 Å². The molecule has 1 unspecified atom stereocenters. The zero-order chi connectivity index (χ0) is 14.0. The van der Waals surface area contributed by atoms with Gasteiger partial charge in [-0.3, -0.25) is 0 Å². The lowest BCUT2D eigenvalue weighted by Gasteiger charge is -2.14. The minimum atomic E-state index is -0.826. The predicted octanol–water partition coefficient (Wildman–Crippen LogP) is 5.61. The van der Waals surface area contributed by atoms with E-state index in [2.05, 4.69) is 15.9 Å². The zero-order valence-corrected chi connectivity index (χ0v) is 12.6. The first-order chi connectivity index (χ1) is 9.00. The fourth-order valence-electron chi connectivity index (χ4n) is 1.92. The molecule has 0 spiro atoms. The maximum absolute atomic E-state index is 13.6. The van der Waals surface area contributed by atoms with Gasteiger partial charge in [-0.2, -0.15) is 0 Å². The van der Waals surface area contributed by atoms with Gasteiger partial charge in [0.05, 0.1) is 0 Å². The smallest absolute Gasteiger partial charge is 0.162 e. The van der Waals surface area contributed by atoms with Gasteiger partial charge < -0.3 is 0 Å². The number of alkyl halides is 1. The van der Waals surface area contributed by atoms with Crippen molar-refractivity contribution in [3.63, 3.8) is 0 Å². The monoisotopic (exact) mass is 344 g/mol. The van der Waals surface area contributed by atoms with Crippen LogP contribution < -0.4 is 0 Å². The molecular weight excluding hydrogens is 334 g/mol. The maximum Gasteiger partial charge on any atom is 0.162 e. The van der Waals surface area contributed by atoms with Crippen molar-refractivity contribution in [1.82, 2.24) is 0 Å². The fourth-order valence-corrected chi connectivity index (χ4v) is 3.04. The normalized spacial score (nSPS) is 12.5. The molecule has 0 fully saturated rings. The van der Waals surface area contributed by atoms with Crippen LogP contribution in [-0.2, 0) is 6.42 Å². The van der Waals surface area contributed by atoms with Gasteiger partial charge in [-0.1, -0.05) is 57.9 Å². The van der Waals surface area contributed by atoms with Gasteiger partial charge in [0, 0.05) is 9.85 Å². The van der Waals surface area contributed by atoms with Gasteiger partial charge in [-0.05, 0) is 36.1 Å². The molecule has 4 heteroatoms. The van der Waals surface area contributed by atoms with E-state index >= 15 is 0 Å². The highest BCUT2D eigenvalue weighted by atomic mass is 79.9. The second-order valence-electron chi connectivity index (χ2n) is 4.36. The van der Waals surface area contributed by atoms with Gasteiger partial charge in [-0.25, -0.2) is 8.78 Å². The van der Waals surface area contributed by atoms with E-state index in [0.717, 1.165) is 17.2 Å². The Morgan fingerprint density at radius 1 is 1.16 bits per heavy atom. The largest absolute Gasteiger partial charge is 0.204 e. The van der Waals surface area contributed by atoms with E-state index < -0.39 is 11.6 Å². The Kier molecular flexibility index (Phi) is 4.58. The van der Waals surface area contributed by atoms with Gasteiger partial charge in [0.2, 0.25) is 0 Å². The molecule has 0 aliphatic heterocycles. The minimum Gasteiger partial charge on any atom is -0.204 e. The number of benzene rings is 2. The van der Waals surface area contributed by atoms with Crippen molar-refractivity contribution in [3.8, 4) is 0 Å². The average Bonchev–Trinajstić information content (AvgIpc) is 2.38. The second-order valence-corrected chi connectivity index (χ2v) is 5.85. The molecule has 0 saturated heterocycles. The standard InChI is InChI=1S/C15H12BrClF2/c1-9-4-2-6-11(14(9)17)12(16)8-10-5-3-7-13(18)15(10)19/h2-7,12H,8H2,1H3. The summed E-state index contributed by atoms with van der Waals surface area (Å²) in [7, 11) is 0. The third kappa shape index (κ3) is 3.15. The van der Waals surface area contributed by atoms with E-state index in [0.29, 0.717) is 17.0 Å². The minimum absolute atomic E-state index is 0.156. The van der Waals surface area contributed by atoms with Crippen LogP contribution in [0.1, 0.15) is 21.5 Å². The Balaban J connectivity index is 2.28. The first-order valence-electron chi connectivity index (χ1n) is 5.82. The molecule has 1 atom stereocenters. The topological polar surface area (TPSA) is 0 Å². The van der Waals surface area contributed by atoms with E-state index in [1.165, 1.54) is 6.07 Å². The molecule has 2 aromatic rings. The molecule has 0 heterocycles. The first kappa shape index (κ1) is 14.5. The van der Waals surface area contributed by atoms with Crippen molar-refractivity contribution < 1.29 is 8.78 Å². The van der Waals surface area contributed by atoms with Crippen molar-refractivity contribution >= 4 is 27.5 Å². The van der Waals surface area contributed by atoms with E-state index in [9.17, 15) is 8.78 Å². The van der Waals surface area contributed by atoms with Crippen molar-refractivity contribution in [1.29, 1.82) is 0 Å². The predicted molar refractivity (Wildman–Crippen MR) is 77.9 cm³/mol. The average molecular weight is 346 g/mol. The number of hydrogen-bond donors (Lipinski definition) is 0. The Morgan fingerprint density at radius 3 is 2.58 bits per heavy atom. The molecule has 0 bridgehead atoms. The molecule has 0 aliphatic rings. The highest BCUT2D eigenvalue weighted by Gasteiger charge is 2.16. The van der Waals surface area contributed by atoms with Crippen LogP contribution in [0.25, 0.3) is 0 Å². The van der Waals surface area contributed by atoms with E-state index in [1.807, 2.05) is 25.1 Å². The quantitative estimate of drug-likeness (QED) is 0.635. The van der Waals surface area contributed by atoms with E-state index in [1.54, 1.807) is 6.07 Å². The van der Waals surface area contributed by atoms with Crippen LogP contribution in [0.5, 0.6) is 0 Å². The maximum atomic E-state index is 13.6. The fraction of sp³-hybridized carbons (Fsp3) is 0.200. The van der Waals surface area contributed by atoms with Crippen LogP contribution in [-0.4, -0.2) is 0 Å². The summed E-state index contributed by atoms with van der Waals surface area (Å²) < 4.78 is 26.8. The number of hydrogen-bond acceptors (Lipinski definition) is 0. The molecule has 0 amide bonds. The summed E-state index contributed by atoms with van der Waals surface area (Å²) in [4.78, 5) is -0.156. The van der Waals surface area contributed by atoms with Crippen LogP contribution in [0.15, 0.2) is 36.4 Å². The lowest BCUT2D eigenvalue weighted by molar-refractivity contribution is 0.498. The van der Waals surface area contributed by atoms with Crippen LogP contribution in [0, 0.1) is 18.6 Å². The molecule has 0 saturated carbocycles. The highest BCUT2D eigenvalue weighted by molar-refractivity contribution is 9.09. The Hall–Kier alpha value is -0.930. The van der Waals surface area contributed by atoms with Crippen molar-refractivity contribution in [2.75, 3.05) is 0 Å². The van der Waals surface area contributed by atoms with E-state index in [4.69, 9.17) is 11.6 Å². The number of aryl methyl sites for hydroxylation is 1. The molecule has 0 N–H and O–H groups in total. The summed E-state index contributed by atoms with van der Waals surface area (Å²) in [6, 6.07) is 9.89. The van der Waals surface area contributed by atoms with Crippen molar-refractivity contribution in [2.24, 2.45) is 0 Å². The molecule has 0 aliphatic carbocycles. The summed E-state index contributed by atoms with van der Waals surface area (Å²) in [5.41, 5.74) is 2.17. The molecule has 2 rings (SSSR count). The molecule has 0 nitrogen and oxygen atoms in total. The van der Waals surface area contributed by atoms with Crippen LogP contribution in [0.2, 0.25) is 5.02 Å². The zero-order valence-electron chi connectivity index (χ0n) is 10.3. The highest BCUT2D eigenvalue weighted by Crippen LogP contribution is 2.34. The first-order valence-corrected chi connectivity index (χ1v) is 7.12. The molecule has 0 radical (unpaired) electrons. The lowest BCUT2D eigenvalue weighted by Crippen LogP contribution is -2.01. The third-order valence-electron chi connectivity index (χ3n) is 2.99. The van der Waals surface area contributed by atoms with E-state index in [-0.39, 0.29) is 4.83 Å². The van der Waals surface area contributed by atoms with Crippen molar-refractivity contribution in [2.45, 2.75) is 18.2 Å². The Morgan fingerprint density at radius 2 is 1.84 bits per heavy atom. The number of rotatable bonds is 3. The van der Waals surface area contributed by atoms with Crippen LogP contribution in [0.4, 0.5) is 8.78 Å². The molecule has 2 aromatic carbocycles. The van der Waals surface area contributed by atoms with Gasteiger partial charge in [0.1, 0.15) is 0 Å². The Labute approximate surface area is 124 Å². The number of halogens is 4. The van der Waals surface area contributed by atoms with Gasteiger partial charge in [0.15, 0.2) is 11.6 Å². The molecular formula is C15H12BrClF2. The summed E-state index contributed by atoms with van der Waals surface area (Å²) in [5.74, 6) is -1.62. The summed E-state index contributed by atoms with van der Waals surface area (Å²) >= 11 is 9.72. The SMILES string of the molecule is Cc1cccc(C(Br)Cc2cccc(F)c2F)c1Cl. The summed E-state index contributed by atoms with van der Waals surface area (Å²) in [6.07, 6.45) is 0.340. The van der Waals surface area contributed by atoms with Crippen LogP contribution in [0.3, 0.4) is 0 Å². The van der Waals surface area contributed by atoms with Crippen LogP contribution >= 0.6 is 27.5 Å². The Bertz CT molecular complexity index is 599. The summed E-state index contributed by atoms with van der Waals surface area (Å²) in [6.45, 7) is 1.91. The summed E-state index contributed by atoms with van der Waals surface area (Å²) in [5, 5.41) is 0.654. The second kappa shape index (κ2) is 6.02. The van der Waals surface area contributed by atoms with Gasteiger partial charge >= 0.3 is 0 Å².